The predicted octanol–water partition coefficient (Wildman–Crippen LogP) is 3.79. The lowest BCUT2D eigenvalue weighted by atomic mass is 9.99. The Morgan fingerprint density at radius 2 is 1.89 bits per heavy atom. The SMILES string of the molecule is NCc1cccc(-c2ccccc2)c1N1C=CSC1. The molecule has 3 rings (SSSR count). The first-order chi connectivity index (χ1) is 9.40. The maximum Gasteiger partial charge on any atom is 0.0723 e. The highest BCUT2D eigenvalue weighted by Gasteiger charge is 2.16. The van der Waals surface area contributed by atoms with Gasteiger partial charge in [0.15, 0.2) is 0 Å². The van der Waals surface area contributed by atoms with E-state index in [9.17, 15) is 0 Å². The molecule has 2 aromatic carbocycles. The third-order valence-electron chi connectivity index (χ3n) is 3.26. The van der Waals surface area contributed by atoms with Crippen LogP contribution in [0, 0.1) is 0 Å². The largest absolute Gasteiger partial charge is 0.337 e. The van der Waals surface area contributed by atoms with Gasteiger partial charge in [0.2, 0.25) is 0 Å². The van der Waals surface area contributed by atoms with Gasteiger partial charge in [-0.05, 0) is 16.5 Å². The molecule has 0 amide bonds. The summed E-state index contributed by atoms with van der Waals surface area (Å²) in [6.45, 7) is 0.561. The fourth-order valence-electron chi connectivity index (χ4n) is 2.37. The van der Waals surface area contributed by atoms with Crippen molar-refractivity contribution in [2.24, 2.45) is 5.73 Å². The highest BCUT2D eigenvalue weighted by atomic mass is 32.2. The number of hydrogen-bond donors (Lipinski definition) is 1. The molecule has 2 aromatic rings. The van der Waals surface area contributed by atoms with Crippen LogP contribution in [0.1, 0.15) is 5.56 Å². The number of para-hydroxylation sites is 1. The Morgan fingerprint density at radius 1 is 1.05 bits per heavy atom. The summed E-state index contributed by atoms with van der Waals surface area (Å²) in [5.74, 6) is 0.955. The number of benzene rings is 2. The Morgan fingerprint density at radius 3 is 2.58 bits per heavy atom. The van der Waals surface area contributed by atoms with Crippen LogP contribution in [-0.2, 0) is 6.54 Å². The number of nitrogens with two attached hydrogens (primary N) is 1. The van der Waals surface area contributed by atoms with Crippen molar-refractivity contribution in [2.45, 2.75) is 6.54 Å². The van der Waals surface area contributed by atoms with Crippen molar-refractivity contribution in [3.63, 3.8) is 0 Å². The number of nitrogens with zero attached hydrogens (tertiary/aromatic N) is 1. The van der Waals surface area contributed by atoms with Gasteiger partial charge in [-0.25, -0.2) is 0 Å². The summed E-state index contributed by atoms with van der Waals surface area (Å²) >= 11 is 1.80. The lowest BCUT2D eigenvalue weighted by Gasteiger charge is -2.22. The molecule has 2 nitrogen and oxygen atoms in total. The summed E-state index contributed by atoms with van der Waals surface area (Å²) in [4.78, 5) is 2.27. The summed E-state index contributed by atoms with van der Waals surface area (Å²) in [7, 11) is 0. The number of anilines is 1. The maximum atomic E-state index is 5.91. The van der Waals surface area contributed by atoms with E-state index in [1.807, 2.05) is 6.07 Å². The zero-order chi connectivity index (χ0) is 13.1. The van der Waals surface area contributed by atoms with E-state index in [2.05, 4.69) is 59.0 Å². The molecule has 1 aliphatic heterocycles. The van der Waals surface area contributed by atoms with Crippen LogP contribution in [0.3, 0.4) is 0 Å². The first kappa shape index (κ1) is 12.3. The van der Waals surface area contributed by atoms with Gasteiger partial charge < -0.3 is 10.6 Å². The molecule has 0 saturated heterocycles. The Labute approximate surface area is 117 Å². The van der Waals surface area contributed by atoms with E-state index in [-0.39, 0.29) is 0 Å². The lowest BCUT2D eigenvalue weighted by molar-refractivity contribution is 1.04. The van der Waals surface area contributed by atoms with Crippen LogP contribution in [0.25, 0.3) is 11.1 Å². The fraction of sp³-hybridized carbons (Fsp3) is 0.125. The van der Waals surface area contributed by atoms with E-state index < -0.39 is 0 Å². The molecule has 0 spiro atoms. The second-order valence-corrected chi connectivity index (χ2v) is 5.30. The van der Waals surface area contributed by atoms with Gasteiger partial charge in [0.1, 0.15) is 0 Å². The topological polar surface area (TPSA) is 29.3 Å². The van der Waals surface area contributed by atoms with Gasteiger partial charge in [0, 0.05) is 18.3 Å². The van der Waals surface area contributed by atoms with Crippen LogP contribution in [0.4, 0.5) is 5.69 Å². The molecular weight excluding hydrogens is 252 g/mol. The van der Waals surface area contributed by atoms with Crippen LogP contribution in [0.15, 0.2) is 60.1 Å². The average molecular weight is 268 g/mol. The van der Waals surface area contributed by atoms with E-state index in [1.165, 1.54) is 22.4 Å². The number of rotatable bonds is 3. The van der Waals surface area contributed by atoms with Gasteiger partial charge in [0.25, 0.3) is 0 Å². The molecule has 0 fully saturated rings. The monoisotopic (exact) mass is 268 g/mol. The minimum Gasteiger partial charge on any atom is -0.337 e. The molecule has 1 heterocycles. The summed E-state index contributed by atoms with van der Waals surface area (Å²) in [6, 6.07) is 16.8. The molecule has 0 saturated carbocycles. The Bertz CT molecular complexity index is 593. The van der Waals surface area contributed by atoms with Crippen LogP contribution in [0.2, 0.25) is 0 Å². The molecule has 1 aliphatic rings. The van der Waals surface area contributed by atoms with Gasteiger partial charge in [-0.3, -0.25) is 0 Å². The number of hydrogen-bond acceptors (Lipinski definition) is 3. The van der Waals surface area contributed by atoms with Crippen molar-refractivity contribution in [3.05, 3.63) is 65.7 Å². The van der Waals surface area contributed by atoms with Gasteiger partial charge in [-0.2, -0.15) is 0 Å². The Hall–Kier alpha value is -1.71. The summed E-state index contributed by atoms with van der Waals surface area (Å²) in [5.41, 5.74) is 10.8. The van der Waals surface area contributed by atoms with Gasteiger partial charge in [-0.15, -0.1) is 11.8 Å². The second kappa shape index (κ2) is 5.51. The third kappa shape index (κ3) is 2.39. The molecule has 0 aliphatic carbocycles. The highest BCUT2D eigenvalue weighted by molar-refractivity contribution is 8.02. The molecule has 0 atom stereocenters. The Balaban J connectivity index is 2.16. The molecule has 19 heavy (non-hydrogen) atoms. The van der Waals surface area contributed by atoms with Crippen LogP contribution in [-0.4, -0.2) is 5.88 Å². The van der Waals surface area contributed by atoms with Gasteiger partial charge >= 0.3 is 0 Å². The first-order valence-electron chi connectivity index (χ1n) is 6.32. The summed E-state index contributed by atoms with van der Waals surface area (Å²) in [6.07, 6.45) is 2.13. The molecular formula is C16H16N2S. The van der Waals surface area contributed by atoms with Crippen molar-refractivity contribution >= 4 is 17.4 Å². The van der Waals surface area contributed by atoms with E-state index in [1.54, 1.807) is 11.8 Å². The van der Waals surface area contributed by atoms with Crippen molar-refractivity contribution in [1.82, 2.24) is 0 Å². The minimum atomic E-state index is 0.561. The fourth-order valence-corrected chi connectivity index (χ4v) is 3.06. The first-order valence-corrected chi connectivity index (χ1v) is 7.37. The molecule has 2 N–H and O–H groups in total. The van der Waals surface area contributed by atoms with Crippen LogP contribution in [0.5, 0.6) is 0 Å². The molecule has 0 radical (unpaired) electrons. The standard InChI is InChI=1S/C16H16N2S/c17-11-14-7-4-8-15(13-5-2-1-3-6-13)16(14)18-9-10-19-12-18/h1-10H,11-12,17H2. The van der Waals surface area contributed by atoms with Gasteiger partial charge in [0.05, 0.1) is 11.6 Å². The van der Waals surface area contributed by atoms with Crippen molar-refractivity contribution in [1.29, 1.82) is 0 Å². The second-order valence-electron chi connectivity index (χ2n) is 4.43. The molecule has 0 aromatic heterocycles. The van der Waals surface area contributed by atoms with Gasteiger partial charge in [-0.1, -0.05) is 48.5 Å². The molecule has 0 unspecified atom stereocenters. The molecule has 0 bridgehead atoms. The minimum absolute atomic E-state index is 0.561. The van der Waals surface area contributed by atoms with E-state index >= 15 is 0 Å². The zero-order valence-electron chi connectivity index (χ0n) is 10.6. The maximum absolute atomic E-state index is 5.91. The highest BCUT2D eigenvalue weighted by Crippen LogP contribution is 2.36. The predicted molar refractivity (Wildman–Crippen MR) is 83.8 cm³/mol. The zero-order valence-corrected chi connectivity index (χ0v) is 11.4. The van der Waals surface area contributed by atoms with E-state index in [4.69, 9.17) is 5.73 Å². The van der Waals surface area contributed by atoms with Crippen molar-refractivity contribution in [2.75, 3.05) is 10.8 Å². The third-order valence-corrected chi connectivity index (χ3v) is 4.00. The van der Waals surface area contributed by atoms with E-state index in [0.29, 0.717) is 6.54 Å². The van der Waals surface area contributed by atoms with Crippen molar-refractivity contribution in [3.8, 4) is 11.1 Å². The average Bonchev–Trinajstić information content (AvgIpc) is 3.01. The molecule has 3 heteroatoms. The molecule has 96 valence electrons. The lowest BCUT2D eigenvalue weighted by Crippen LogP contribution is -2.15. The van der Waals surface area contributed by atoms with Crippen LogP contribution >= 0.6 is 11.8 Å². The van der Waals surface area contributed by atoms with Crippen LogP contribution < -0.4 is 10.6 Å². The summed E-state index contributed by atoms with van der Waals surface area (Å²) < 4.78 is 0. The van der Waals surface area contributed by atoms with Crippen molar-refractivity contribution < 1.29 is 0 Å². The summed E-state index contributed by atoms with van der Waals surface area (Å²) in [5, 5.41) is 2.13. The van der Waals surface area contributed by atoms with E-state index in [0.717, 1.165) is 5.88 Å². The quantitative estimate of drug-likeness (QED) is 0.918. The number of thioether (sulfide) groups is 1. The normalized spacial score (nSPS) is 14.1. The Kier molecular flexibility index (Phi) is 3.58. The smallest absolute Gasteiger partial charge is 0.0723 e.